The molecule has 82 valence electrons. The summed E-state index contributed by atoms with van der Waals surface area (Å²) in [4.78, 5) is 22.2. The Kier molecular flexibility index (Phi) is 6.69. The Morgan fingerprint density at radius 2 is 2.00 bits per heavy atom. The van der Waals surface area contributed by atoms with Crippen LogP contribution in [0.5, 0.6) is 0 Å². The zero-order valence-electron chi connectivity index (χ0n) is 8.46. The molecule has 0 spiro atoms. The monoisotopic (exact) mass is 203 g/mol. The summed E-state index contributed by atoms with van der Waals surface area (Å²) in [7, 11) is 3.18. The molecule has 0 aromatic heterocycles. The number of aliphatic hydroxyl groups excluding tert-OH is 1. The summed E-state index contributed by atoms with van der Waals surface area (Å²) < 4.78 is 0. The van der Waals surface area contributed by atoms with Crippen LogP contribution < -0.4 is 16.0 Å². The Balaban J connectivity index is 3.92. The van der Waals surface area contributed by atoms with Crippen molar-refractivity contribution >= 4 is 11.8 Å². The maximum absolute atomic E-state index is 11.1. The number of carbonyl (C=O) groups is 2. The van der Waals surface area contributed by atoms with Crippen molar-refractivity contribution < 1.29 is 14.7 Å². The Morgan fingerprint density at radius 1 is 1.36 bits per heavy atom. The summed E-state index contributed by atoms with van der Waals surface area (Å²) in [5.41, 5.74) is 0. The quantitative estimate of drug-likeness (QED) is 0.395. The van der Waals surface area contributed by atoms with Crippen LogP contribution in [0.25, 0.3) is 0 Å². The number of nitrogens with one attached hydrogen (secondary N) is 3. The van der Waals surface area contributed by atoms with Crippen LogP contribution in [0.4, 0.5) is 0 Å². The van der Waals surface area contributed by atoms with Gasteiger partial charge in [0.15, 0.2) is 0 Å². The molecule has 0 rings (SSSR count). The standard InChI is InChI=1S/C8H17N3O3/c1-9-4-3-7(13)11-6(5-12)8(14)10-2/h6,9,12H,3-5H2,1-2H3,(H,10,14)(H,11,13). The van der Waals surface area contributed by atoms with Crippen molar-refractivity contribution in [2.45, 2.75) is 12.5 Å². The molecule has 0 aromatic rings. The smallest absolute Gasteiger partial charge is 0.244 e. The molecule has 6 nitrogen and oxygen atoms in total. The maximum atomic E-state index is 11.1. The third-order valence-electron chi connectivity index (χ3n) is 1.68. The first-order valence-electron chi connectivity index (χ1n) is 4.42. The van der Waals surface area contributed by atoms with Crippen LogP contribution in [0.1, 0.15) is 6.42 Å². The Morgan fingerprint density at radius 3 is 2.43 bits per heavy atom. The van der Waals surface area contributed by atoms with Crippen molar-refractivity contribution in [1.29, 1.82) is 0 Å². The summed E-state index contributed by atoms with van der Waals surface area (Å²) in [6, 6.07) is -0.857. The molecule has 1 atom stereocenters. The summed E-state index contributed by atoms with van der Waals surface area (Å²) in [5.74, 6) is -0.660. The van der Waals surface area contributed by atoms with Crippen LogP contribution in [0.15, 0.2) is 0 Å². The van der Waals surface area contributed by atoms with E-state index in [0.29, 0.717) is 6.54 Å². The lowest BCUT2D eigenvalue weighted by Crippen LogP contribution is -2.48. The average molecular weight is 203 g/mol. The minimum absolute atomic E-state index is 0.262. The fourth-order valence-corrected chi connectivity index (χ4v) is 0.873. The number of likely N-dealkylation sites (N-methyl/N-ethyl adjacent to an activating group) is 1. The largest absolute Gasteiger partial charge is 0.394 e. The highest BCUT2D eigenvalue weighted by Crippen LogP contribution is 1.85. The molecule has 14 heavy (non-hydrogen) atoms. The lowest BCUT2D eigenvalue weighted by atomic mass is 10.2. The Labute approximate surface area is 83.1 Å². The molecule has 0 saturated heterocycles. The second-order valence-corrected chi connectivity index (χ2v) is 2.77. The van der Waals surface area contributed by atoms with Gasteiger partial charge in [0.25, 0.3) is 0 Å². The molecule has 0 aliphatic heterocycles. The number of aliphatic hydroxyl groups is 1. The van der Waals surface area contributed by atoms with E-state index in [2.05, 4.69) is 16.0 Å². The predicted octanol–water partition coefficient (Wildman–Crippen LogP) is -2.18. The zero-order valence-corrected chi connectivity index (χ0v) is 8.46. The molecule has 1 unspecified atom stereocenters. The molecule has 0 heterocycles. The first-order chi connectivity index (χ1) is 6.65. The van der Waals surface area contributed by atoms with Crippen molar-refractivity contribution in [2.24, 2.45) is 0 Å². The van der Waals surface area contributed by atoms with Crippen molar-refractivity contribution in [1.82, 2.24) is 16.0 Å². The van der Waals surface area contributed by atoms with Gasteiger partial charge >= 0.3 is 0 Å². The van der Waals surface area contributed by atoms with E-state index in [9.17, 15) is 9.59 Å². The van der Waals surface area contributed by atoms with Gasteiger partial charge in [-0.25, -0.2) is 0 Å². The van der Waals surface area contributed by atoms with E-state index in [1.807, 2.05) is 0 Å². The van der Waals surface area contributed by atoms with E-state index in [-0.39, 0.29) is 12.3 Å². The van der Waals surface area contributed by atoms with Crippen LogP contribution in [-0.4, -0.2) is 50.2 Å². The van der Waals surface area contributed by atoms with Crippen molar-refractivity contribution in [2.75, 3.05) is 27.2 Å². The van der Waals surface area contributed by atoms with Gasteiger partial charge in [0.2, 0.25) is 11.8 Å². The third-order valence-corrected chi connectivity index (χ3v) is 1.68. The lowest BCUT2D eigenvalue weighted by molar-refractivity contribution is -0.129. The fourth-order valence-electron chi connectivity index (χ4n) is 0.873. The van der Waals surface area contributed by atoms with E-state index in [1.54, 1.807) is 7.05 Å². The SMILES string of the molecule is CNCCC(=O)NC(CO)C(=O)NC. The molecule has 0 aliphatic rings. The van der Waals surface area contributed by atoms with Crippen LogP contribution >= 0.6 is 0 Å². The van der Waals surface area contributed by atoms with E-state index in [1.165, 1.54) is 7.05 Å². The van der Waals surface area contributed by atoms with E-state index < -0.39 is 18.6 Å². The minimum atomic E-state index is -0.857. The fraction of sp³-hybridized carbons (Fsp3) is 0.750. The normalized spacial score (nSPS) is 11.9. The van der Waals surface area contributed by atoms with Gasteiger partial charge in [0.05, 0.1) is 6.61 Å². The average Bonchev–Trinajstić information content (AvgIpc) is 2.21. The number of rotatable bonds is 6. The molecule has 4 N–H and O–H groups in total. The van der Waals surface area contributed by atoms with E-state index in [4.69, 9.17) is 5.11 Å². The number of amides is 2. The summed E-state index contributed by atoms with van der Waals surface area (Å²) in [5, 5.41) is 16.4. The van der Waals surface area contributed by atoms with Crippen LogP contribution in [0, 0.1) is 0 Å². The molecular weight excluding hydrogens is 186 g/mol. The molecule has 0 fully saturated rings. The third kappa shape index (κ3) is 4.78. The molecule has 0 aromatic carbocycles. The number of hydrogen-bond acceptors (Lipinski definition) is 4. The summed E-state index contributed by atoms with van der Waals surface area (Å²) >= 11 is 0. The van der Waals surface area contributed by atoms with Crippen molar-refractivity contribution in [3.63, 3.8) is 0 Å². The van der Waals surface area contributed by atoms with Gasteiger partial charge in [0.1, 0.15) is 6.04 Å². The van der Waals surface area contributed by atoms with E-state index >= 15 is 0 Å². The highest BCUT2D eigenvalue weighted by Gasteiger charge is 2.17. The molecular formula is C8H17N3O3. The van der Waals surface area contributed by atoms with Gasteiger partial charge in [-0.1, -0.05) is 0 Å². The first kappa shape index (κ1) is 12.9. The molecule has 0 radical (unpaired) electrons. The van der Waals surface area contributed by atoms with Crippen molar-refractivity contribution in [3.05, 3.63) is 0 Å². The number of carbonyl (C=O) groups excluding carboxylic acids is 2. The molecule has 0 aliphatic carbocycles. The second-order valence-electron chi connectivity index (χ2n) is 2.77. The summed E-state index contributed by atoms with van der Waals surface area (Å²) in [6.45, 7) is 0.142. The van der Waals surface area contributed by atoms with Gasteiger partial charge in [0, 0.05) is 20.0 Å². The molecule has 6 heteroatoms. The van der Waals surface area contributed by atoms with Gasteiger partial charge in [-0.05, 0) is 7.05 Å². The molecule has 2 amide bonds. The van der Waals surface area contributed by atoms with E-state index in [0.717, 1.165) is 0 Å². The van der Waals surface area contributed by atoms with Gasteiger partial charge in [-0.15, -0.1) is 0 Å². The topological polar surface area (TPSA) is 90.5 Å². The Bertz CT molecular complexity index is 196. The highest BCUT2D eigenvalue weighted by molar-refractivity contribution is 5.87. The maximum Gasteiger partial charge on any atom is 0.244 e. The predicted molar refractivity (Wildman–Crippen MR) is 51.6 cm³/mol. The first-order valence-corrected chi connectivity index (χ1v) is 4.42. The zero-order chi connectivity index (χ0) is 11.0. The van der Waals surface area contributed by atoms with Crippen LogP contribution in [-0.2, 0) is 9.59 Å². The van der Waals surface area contributed by atoms with Crippen LogP contribution in [0.3, 0.4) is 0 Å². The molecule has 0 saturated carbocycles. The lowest BCUT2D eigenvalue weighted by Gasteiger charge is -2.14. The highest BCUT2D eigenvalue weighted by atomic mass is 16.3. The summed E-state index contributed by atoms with van der Waals surface area (Å²) in [6.07, 6.45) is 0.282. The van der Waals surface area contributed by atoms with Gasteiger partial charge < -0.3 is 21.1 Å². The van der Waals surface area contributed by atoms with Crippen LogP contribution in [0.2, 0.25) is 0 Å². The Hall–Kier alpha value is -1.14. The van der Waals surface area contributed by atoms with Crippen molar-refractivity contribution in [3.8, 4) is 0 Å². The molecule has 0 bridgehead atoms. The van der Waals surface area contributed by atoms with Gasteiger partial charge in [-0.3, -0.25) is 9.59 Å². The van der Waals surface area contributed by atoms with Gasteiger partial charge in [-0.2, -0.15) is 0 Å². The minimum Gasteiger partial charge on any atom is -0.394 e. The number of hydrogen-bond donors (Lipinski definition) is 4. The second kappa shape index (κ2) is 7.28.